The molecule has 0 saturated carbocycles. The lowest BCUT2D eigenvalue weighted by Crippen LogP contribution is -2.50. The van der Waals surface area contributed by atoms with E-state index < -0.39 is 0 Å². The highest BCUT2D eigenvalue weighted by Crippen LogP contribution is 2.52. The highest BCUT2D eigenvalue weighted by molar-refractivity contribution is 6.71. The van der Waals surface area contributed by atoms with Gasteiger partial charge in [-0.2, -0.15) is 0 Å². The first kappa shape index (κ1) is 35.0. The van der Waals surface area contributed by atoms with Crippen LogP contribution in [0.25, 0.3) is 88.0 Å². The van der Waals surface area contributed by atoms with Crippen molar-refractivity contribution in [1.82, 2.24) is 0 Å². The minimum Gasteiger partial charge on any atom is -0.456 e. The van der Waals surface area contributed by atoms with Crippen LogP contribution in [0.4, 0.5) is 0 Å². The molecule has 0 unspecified atom stereocenters. The van der Waals surface area contributed by atoms with E-state index in [0.717, 1.165) is 16.6 Å². The van der Waals surface area contributed by atoms with Crippen LogP contribution in [0.2, 0.25) is 0 Å². The number of furan rings is 1. The van der Waals surface area contributed by atoms with Gasteiger partial charge in [0, 0.05) is 16.2 Å². The molecular formula is C47H40B8O. The Labute approximate surface area is 336 Å². The number of para-hydroxylation sites is 1. The van der Waals surface area contributed by atoms with Gasteiger partial charge in [0.05, 0.1) is 0 Å². The van der Waals surface area contributed by atoms with Crippen molar-refractivity contribution < 1.29 is 4.42 Å². The third kappa shape index (κ3) is 4.61. The first-order valence-electron chi connectivity index (χ1n) is 20.1. The van der Waals surface area contributed by atoms with Crippen LogP contribution in [0, 0.1) is 0 Å². The standard InChI is InChI=1S/C47H40B8O/c1-47(2)28-14-5-3-9-24(28)25-12-7-11-23(38(25)47)21-17-19-22(20-18-21)31-34-36(41(50)45(54)43(52)39(34)48)33(37-35(31)40(49)44(53)46(55)42(37)51)27-13-8-16-30-32(27)26-10-4-6-15-29(26)56-30/h3-20H,48-55H2,1-2H3. The van der Waals surface area contributed by atoms with Crippen LogP contribution in [0.5, 0.6) is 0 Å². The molecule has 1 nitrogen and oxygen atoms in total. The highest BCUT2D eigenvalue weighted by atomic mass is 16.3. The Balaban J connectivity index is 1.33. The second kappa shape index (κ2) is 12.3. The molecule has 9 aromatic rings. The minimum absolute atomic E-state index is 0.0827. The first-order chi connectivity index (χ1) is 26.9. The predicted octanol–water partition coefficient (Wildman–Crippen LogP) is -0.733. The summed E-state index contributed by atoms with van der Waals surface area (Å²) in [5.41, 5.74) is 25.9. The average Bonchev–Trinajstić information content (AvgIpc) is 3.72. The van der Waals surface area contributed by atoms with Gasteiger partial charge in [-0.3, -0.25) is 0 Å². The predicted molar refractivity (Wildman–Crippen MR) is 268 cm³/mol. The maximum absolute atomic E-state index is 6.53. The maximum atomic E-state index is 6.53. The number of fused-ring (bicyclic) bond motifs is 8. The summed E-state index contributed by atoms with van der Waals surface area (Å²) in [6.07, 6.45) is 0. The number of hydrogen-bond donors (Lipinski definition) is 0. The van der Waals surface area contributed by atoms with Gasteiger partial charge in [0.15, 0.2) is 0 Å². The fraction of sp³-hybridized carbons (Fsp3) is 0.0638. The van der Waals surface area contributed by atoms with Crippen molar-refractivity contribution in [2.75, 3.05) is 0 Å². The van der Waals surface area contributed by atoms with E-state index in [-0.39, 0.29) is 5.41 Å². The van der Waals surface area contributed by atoms with Gasteiger partial charge in [0.1, 0.15) is 73.9 Å². The smallest absolute Gasteiger partial charge is 0.139 e. The zero-order chi connectivity index (χ0) is 38.9. The highest BCUT2D eigenvalue weighted by Gasteiger charge is 2.37. The zero-order valence-electron chi connectivity index (χ0n) is 34.3. The van der Waals surface area contributed by atoms with Crippen LogP contribution < -0.4 is 43.7 Å². The molecule has 56 heavy (non-hydrogen) atoms. The van der Waals surface area contributed by atoms with Gasteiger partial charge in [-0.15, -0.1) is 21.9 Å². The van der Waals surface area contributed by atoms with Gasteiger partial charge in [0.2, 0.25) is 0 Å². The largest absolute Gasteiger partial charge is 0.456 e. The molecule has 1 aliphatic carbocycles. The van der Waals surface area contributed by atoms with Crippen LogP contribution in [0.15, 0.2) is 114 Å². The molecule has 0 N–H and O–H groups in total. The second-order valence-electron chi connectivity index (χ2n) is 17.0. The Kier molecular flexibility index (Phi) is 7.70. The van der Waals surface area contributed by atoms with Crippen LogP contribution in [-0.4, -0.2) is 62.8 Å². The summed E-state index contributed by atoms with van der Waals surface area (Å²) in [6, 6.07) is 40.5. The van der Waals surface area contributed by atoms with E-state index in [0.29, 0.717) is 0 Å². The molecule has 0 amide bonds. The van der Waals surface area contributed by atoms with Crippen LogP contribution >= 0.6 is 0 Å². The molecule has 8 aromatic carbocycles. The maximum Gasteiger partial charge on any atom is 0.139 e. The summed E-state index contributed by atoms with van der Waals surface area (Å²) in [6.45, 7) is 4.76. The van der Waals surface area contributed by atoms with Gasteiger partial charge < -0.3 is 4.42 Å². The van der Waals surface area contributed by atoms with E-state index in [1.165, 1.54) is 126 Å². The summed E-state index contributed by atoms with van der Waals surface area (Å²) in [4.78, 5) is 0. The van der Waals surface area contributed by atoms with Gasteiger partial charge in [-0.05, 0) is 89.3 Å². The Morgan fingerprint density at radius 3 is 1.48 bits per heavy atom. The molecule has 0 bridgehead atoms. The Morgan fingerprint density at radius 1 is 0.375 bits per heavy atom. The van der Waals surface area contributed by atoms with Crippen molar-refractivity contribution in [3.8, 4) is 44.5 Å². The Morgan fingerprint density at radius 2 is 0.839 bits per heavy atom. The van der Waals surface area contributed by atoms with Gasteiger partial charge >= 0.3 is 0 Å². The number of rotatable bonds is 3. The van der Waals surface area contributed by atoms with Crippen LogP contribution in [-0.2, 0) is 5.41 Å². The van der Waals surface area contributed by atoms with E-state index in [1.54, 1.807) is 0 Å². The number of benzene rings is 8. The number of hydrogen-bond acceptors (Lipinski definition) is 1. The van der Waals surface area contributed by atoms with Crippen molar-refractivity contribution >= 4 is 150 Å². The Bertz CT molecular complexity index is 3110. The molecule has 0 saturated heterocycles. The fourth-order valence-electron chi connectivity index (χ4n) is 10.6. The third-order valence-electron chi connectivity index (χ3n) is 14.1. The molecule has 0 atom stereocenters. The van der Waals surface area contributed by atoms with Gasteiger partial charge in [-0.25, -0.2) is 0 Å². The molecule has 1 aliphatic rings. The lowest BCUT2D eigenvalue weighted by molar-refractivity contribution is 0.662. The SMILES string of the molecule is Bc1c(B)c(B)c2c(-c3cccc4oc5ccccc5c34)c3c(B)c(B)c(B)c(B)c3c(-c3ccc(-c4cccc5c4C(C)(C)c4ccccc4-5)cc3)c2c1B. The van der Waals surface area contributed by atoms with E-state index in [2.05, 4.69) is 186 Å². The molecule has 9 heteroatoms. The van der Waals surface area contributed by atoms with Crippen molar-refractivity contribution in [2.45, 2.75) is 19.3 Å². The van der Waals surface area contributed by atoms with E-state index in [9.17, 15) is 0 Å². The summed E-state index contributed by atoms with van der Waals surface area (Å²) in [5, 5.41) is 7.76. The van der Waals surface area contributed by atoms with Crippen molar-refractivity contribution in [2.24, 2.45) is 0 Å². The van der Waals surface area contributed by atoms with Crippen LogP contribution in [0.1, 0.15) is 25.0 Å². The lowest BCUT2D eigenvalue weighted by Gasteiger charge is -2.28. The second-order valence-corrected chi connectivity index (χ2v) is 17.0. The monoisotopic (exact) mass is 708 g/mol. The summed E-state index contributed by atoms with van der Waals surface area (Å²) in [7, 11) is 18.6. The summed E-state index contributed by atoms with van der Waals surface area (Å²) < 4.78 is 6.53. The molecule has 10 rings (SSSR count). The van der Waals surface area contributed by atoms with E-state index in [1.807, 2.05) is 0 Å². The summed E-state index contributed by atoms with van der Waals surface area (Å²) in [5.74, 6) is 0. The third-order valence-corrected chi connectivity index (χ3v) is 14.1. The summed E-state index contributed by atoms with van der Waals surface area (Å²) >= 11 is 0. The van der Waals surface area contributed by atoms with Crippen molar-refractivity contribution in [1.29, 1.82) is 0 Å². The van der Waals surface area contributed by atoms with Crippen molar-refractivity contribution in [3.05, 3.63) is 120 Å². The molecule has 0 aliphatic heterocycles. The quantitative estimate of drug-likeness (QED) is 0.175. The molecule has 258 valence electrons. The normalized spacial score (nSPS) is 13.2. The Hall–Kier alpha value is -5.40. The molecule has 0 fully saturated rings. The average molecular weight is 707 g/mol. The molecule has 1 heterocycles. The molecule has 0 spiro atoms. The van der Waals surface area contributed by atoms with Crippen LogP contribution in [0.3, 0.4) is 0 Å². The van der Waals surface area contributed by atoms with Crippen molar-refractivity contribution in [3.63, 3.8) is 0 Å². The zero-order valence-corrected chi connectivity index (χ0v) is 34.3. The topological polar surface area (TPSA) is 13.1 Å². The van der Waals surface area contributed by atoms with Gasteiger partial charge in [-0.1, -0.05) is 133 Å². The molecule has 0 radical (unpaired) electrons. The first-order valence-corrected chi connectivity index (χ1v) is 20.1. The molecular weight excluding hydrogens is 667 g/mol. The fourth-order valence-corrected chi connectivity index (χ4v) is 10.6. The van der Waals surface area contributed by atoms with E-state index >= 15 is 0 Å². The van der Waals surface area contributed by atoms with E-state index in [4.69, 9.17) is 4.42 Å². The molecule has 1 aromatic heterocycles. The van der Waals surface area contributed by atoms with Gasteiger partial charge in [0.25, 0.3) is 0 Å². The lowest BCUT2D eigenvalue weighted by atomic mass is 9.59. The minimum atomic E-state index is -0.0827.